The van der Waals surface area contributed by atoms with Crippen LogP contribution in [0.25, 0.3) is 0 Å². The van der Waals surface area contributed by atoms with Gasteiger partial charge < -0.3 is 10.1 Å². The molecule has 0 aromatic heterocycles. The highest BCUT2D eigenvalue weighted by molar-refractivity contribution is 7.89. The second kappa shape index (κ2) is 6.78. The van der Waals surface area contributed by atoms with E-state index in [1.165, 1.54) is 19.2 Å². The molecule has 0 radical (unpaired) electrons. The molecule has 0 atom stereocenters. The fourth-order valence-electron chi connectivity index (χ4n) is 2.24. The summed E-state index contributed by atoms with van der Waals surface area (Å²) in [6.45, 7) is 0.233. The summed E-state index contributed by atoms with van der Waals surface area (Å²) in [7, 11) is -2.15. The molecule has 1 aliphatic carbocycles. The Labute approximate surface area is 140 Å². The zero-order valence-electron chi connectivity index (χ0n) is 13.3. The van der Waals surface area contributed by atoms with E-state index in [0.29, 0.717) is 11.3 Å². The Bertz CT molecular complexity index is 835. The average molecular weight is 350 g/mol. The molecule has 2 aromatic rings. The van der Waals surface area contributed by atoms with Crippen LogP contribution in [0, 0.1) is 5.82 Å². The van der Waals surface area contributed by atoms with E-state index in [4.69, 9.17) is 4.74 Å². The van der Waals surface area contributed by atoms with Crippen molar-refractivity contribution < 1.29 is 17.5 Å². The number of rotatable bonds is 7. The highest BCUT2D eigenvalue weighted by Crippen LogP contribution is 2.30. The van der Waals surface area contributed by atoms with Crippen LogP contribution in [0.2, 0.25) is 0 Å². The van der Waals surface area contributed by atoms with Gasteiger partial charge in [-0.25, -0.2) is 17.5 Å². The number of benzene rings is 2. The van der Waals surface area contributed by atoms with Gasteiger partial charge in [0.15, 0.2) is 11.6 Å². The molecular formula is C17H19FN2O3S. The molecule has 3 rings (SSSR count). The van der Waals surface area contributed by atoms with Crippen molar-refractivity contribution in [3.63, 3.8) is 0 Å². The Balaban J connectivity index is 1.73. The van der Waals surface area contributed by atoms with Gasteiger partial charge in [-0.05, 0) is 44.2 Å². The van der Waals surface area contributed by atoms with Gasteiger partial charge in [0, 0.05) is 17.8 Å². The second-order valence-corrected chi connectivity index (χ2v) is 7.52. The van der Waals surface area contributed by atoms with E-state index < -0.39 is 10.0 Å². The highest BCUT2D eigenvalue weighted by Gasteiger charge is 2.25. The van der Waals surface area contributed by atoms with Crippen molar-refractivity contribution in [2.75, 3.05) is 12.4 Å². The molecule has 0 bridgehead atoms. The van der Waals surface area contributed by atoms with Crippen LogP contribution in [0.4, 0.5) is 10.1 Å². The van der Waals surface area contributed by atoms with Crippen LogP contribution in [-0.4, -0.2) is 21.6 Å². The average Bonchev–Trinajstić information content (AvgIpc) is 3.40. The summed E-state index contributed by atoms with van der Waals surface area (Å²) in [6.07, 6.45) is 2.06. The minimum absolute atomic E-state index is 0.131. The summed E-state index contributed by atoms with van der Waals surface area (Å²) >= 11 is 0. The number of sulfonamides is 1. The van der Waals surface area contributed by atoms with Crippen molar-refractivity contribution in [1.82, 2.24) is 4.72 Å². The predicted octanol–water partition coefficient (Wildman–Crippen LogP) is 2.89. The van der Waals surface area contributed by atoms with Crippen LogP contribution in [0.5, 0.6) is 5.75 Å². The standard InChI is InChI=1S/C17H19FN2O3S/c1-19-24(21,22)15-6-3-5-13(10-15)20-11-12-4-2-7-16(17(12)18)23-14-8-9-14/h2-7,10,14,19-20H,8-9,11H2,1H3. The van der Waals surface area contributed by atoms with Gasteiger partial charge in [-0.3, -0.25) is 0 Å². The summed E-state index contributed by atoms with van der Waals surface area (Å²) in [5.74, 6) is -0.112. The number of nitrogens with one attached hydrogen (secondary N) is 2. The van der Waals surface area contributed by atoms with E-state index in [1.807, 2.05) is 0 Å². The molecule has 24 heavy (non-hydrogen) atoms. The van der Waals surface area contributed by atoms with Crippen LogP contribution in [-0.2, 0) is 16.6 Å². The normalized spacial score (nSPS) is 14.4. The van der Waals surface area contributed by atoms with E-state index in [1.54, 1.807) is 30.3 Å². The second-order valence-electron chi connectivity index (χ2n) is 5.64. The van der Waals surface area contributed by atoms with Crippen molar-refractivity contribution in [3.8, 4) is 5.75 Å². The highest BCUT2D eigenvalue weighted by atomic mass is 32.2. The number of halogens is 1. The first-order chi connectivity index (χ1) is 11.5. The summed E-state index contributed by atoms with van der Waals surface area (Å²) in [6, 6.07) is 11.4. The Morgan fingerprint density at radius 1 is 1.21 bits per heavy atom. The lowest BCUT2D eigenvalue weighted by Gasteiger charge is -2.12. The first-order valence-corrected chi connectivity index (χ1v) is 9.19. The summed E-state index contributed by atoms with van der Waals surface area (Å²) < 4.78 is 45.9. The molecule has 2 aromatic carbocycles. The van der Waals surface area contributed by atoms with E-state index in [9.17, 15) is 12.8 Å². The molecule has 0 amide bonds. The minimum atomic E-state index is -3.51. The molecule has 0 aliphatic heterocycles. The third-order valence-electron chi connectivity index (χ3n) is 3.76. The molecule has 2 N–H and O–H groups in total. The first-order valence-electron chi connectivity index (χ1n) is 7.71. The van der Waals surface area contributed by atoms with E-state index in [0.717, 1.165) is 12.8 Å². The first kappa shape index (κ1) is 16.7. The van der Waals surface area contributed by atoms with Crippen LogP contribution in [0.15, 0.2) is 47.4 Å². The summed E-state index contributed by atoms with van der Waals surface area (Å²) in [4.78, 5) is 0.154. The molecule has 0 unspecified atom stereocenters. The molecule has 128 valence electrons. The summed E-state index contributed by atoms with van der Waals surface area (Å²) in [5.41, 5.74) is 1.06. The number of hydrogen-bond donors (Lipinski definition) is 2. The van der Waals surface area contributed by atoms with Gasteiger partial charge in [-0.2, -0.15) is 0 Å². The molecule has 0 spiro atoms. The van der Waals surface area contributed by atoms with Crippen molar-refractivity contribution >= 4 is 15.7 Å². The lowest BCUT2D eigenvalue weighted by molar-refractivity contribution is 0.286. The molecule has 1 saturated carbocycles. The smallest absolute Gasteiger partial charge is 0.240 e. The summed E-state index contributed by atoms with van der Waals surface area (Å²) in [5, 5.41) is 3.05. The Kier molecular flexibility index (Phi) is 4.73. The third-order valence-corrected chi connectivity index (χ3v) is 5.17. The van der Waals surface area contributed by atoms with E-state index in [2.05, 4.69) is 10.0 Å². The van der Waals surface area contributed by atoms with Crippen LogP contribution < -0.4 is 14.8 Å². The molecule has 0 saturated heterocycles. The van der Waals surface area contributed by atoms with Crippen LogP contribution in [0.3, 0.4) is 0 Å². The van der Waals surface area contributed by atoms with Gasteiger partial charge in [-0.15, -0.1) is 0 Å². The van der Waals surface area contributed by atoms with Gasteiger partial charge in [0.25, 0.3) is 0 Å². The molecular weight excluding hydrogens is 331 g/mol. The Morgan fingerprint density at radius 2 is 1.96 bits per heavy atom. The zero-order chi connectivity index (χ0) is 17.2. The predicted molar refractivity (Wildman–Crippen MR) is 90.1 cm³/mol. The Morgan fingerprint density at radius 3 is 2.67 bits per heavy atom. The number of ether oxygens (including phenoxy) is 1. The van der Waals surface area contributed by atoms with Crippen molar-refractivity contribution in [2.24, 2.45) is 0 Å². The maximum atomic E-state index is 14.4. The third kappa shape index (κ3) is 3.85. The van der Waals surface area contributed by atoms with Crippen LogP contribution >= 0.6 is 0 Å². The molecule has 1 fully saturated rings. The van der Waals surface area contributed by atoms with E-state index >= 15 is 0 Å². The fraction of sp³-hybridized carbons (Fsp3) is 0.294. The topological polar surface area (TPSA) is 67.4 Å². The van der Waals surface area contributed by atoms with Crippen LogP contribution in [0.1, 0.15) is 18.4 Å². The lowest BCUT2D eigenvalue weighted by atomic mass is 10.2. The maximum absolute atomic E-state index is 14.4. The van der Waals surface area contributed by atoms with Gasteiger partial charge in [-0.1, -0.05) is 18.2 Å². The zero-order valence-corrected chi connectivity index (χ0v) is 14.1. The number of hydrogen-bond acceptors (Lipinski definition) is 4. The van der Waals surface area contributed by atoms with Gasteiger partial charge in [0.1, 0.15) is 0 Å². The molecule has 5 nitrogen and oxygen atoms in total. The van der Waals surface area contributed by atoms with Gasteiger partial charge in [0.05, 0.1) is 11.0 Å². The SMILES string of the molecule is CNS(=O)(=O)c1cccc(NCc2cccc(OC3CC3)c2F)c1. The maximum Gasteiger partial charge on any atom is 0.240 e. The molecule has 7 heteroatoms. The van der Waals surface area contributed by atoms with Gasteiger partial charge in [0.2, 0.25) is 10.0 Å². The fourth-order valence-corrected chi connectivity index (χ4v) is 3.01. The lowest BCUT2D eigenvalue weighted by Crippen LogP contribution is -2.18. The quantitative estimate of drug-likeness (QED) is 0.806. The van der Waals surface area contributed by atoms with Crippen molar-refractivity contribution in [1.29, 1.82) is 0 Å². The molecule has 1 aliphatic rings. The minimum Gasteiger partial charge on any atom is -0.487 e. The van der Waals surface area contributed by atoms with E-state index in [-0.39, 0.29) is 29.1 Å². The van der Waals surface area contributed by atoms with Gasteiger partial charge >= 0.3 is 0 Å². The monoisotopic (exact) mass is 350 g/mol. The Hall–Kier alpha value is -2.12. The van der Waals surface area contributed by atoms with Crippen molar-refractivity contribution in [2.45, 2.75) is 30.4 Å². The van der Waals surface area contributed by atoms with Crippen molar-refractivity contribution in [3.05, 3.63) is 53.8 Å². The largest absolute Gasteiger partial charge is 0.487 e. The molecule has 0 heterocycles. The number of anilines is 1.